The number of carbonyl (C=O) groups is 1. The van der Waals surface area contributed by atoms with Gasteiger partial charge in [-0.1, -0.05) is 23.7 Å². The van der Waals surface area contributed by atoms with Gasteiger partial charge in [0.1, 0.15) is 11.4 Å². The van der Waals surface area contributed by atoms with Crippen molar-refractivity contribution in [1.82, 2.24) is 15.2 Å². The molecule has 5 nitrogen and oxygen atoms in total. The average Bonchev–Trinajstić information content (AvgIpc) is 2.64. The van der Waals surface area contributed by atoms with E-state index in [9.17, 15) is 14.0 Å². The first-order valence-corrected chi connectivity index (χ1v) is 9.08. The Morgan fingerprint density at radius 2 is 2.11 bits per heavy atom. The molecule has 2 aromatic rings. The number of fused-ring (bicyclic) bond motifs is 4. The highest BCUT2D eigenvalue weighted by atomic mass is 35.5. The second-order valence-corrected chi connectivity index (χ2v) is 7.32. The van der Waals surface area contributed by atoms with E-state index >= 15 is 0 Å². The number of rotatable bonds is 3. The van der Waals surface area contributed by atoms with Crippen molar-refractivity contribution in [3.63, 3.8) is 0 Å². The van der Waals surface area contributed by atoms with Crippen molar-refractivity contribution in [2.45, 2.75) is 25.4 Å². The van der Waals surface area contributed by atoms with E-state index in [0.29, 0.717) is 23.9 Å². The summed E-state index contributed by atoms with van der Waals surface area (Å²) in [4.78, 5) is 25.3. The molecular formula is C19H20Cl2FN3O2. The highest BCUT2D eigenvalue weighted by Crippen LogP contribution is 2.31. The van der Waals surface area contributed by atoms with Gasteiger partial charge in [0.05, 0.1) is 5.02 Å². The van der Waals surface area contributed by atoms with Crippen LogP contribution in [0.5, 0.6) is 0 Å². The molecule has 4 rings (SSSR count). The summed E-state index contributed by atoms with van der Waals surface area (Å²) < 4.78 is 15.2. The van der Waals surface area contributed by atoms with Crippen LogP contribution in [-0.2, 0) is 13.1 Å². The molecule has 144 valence electrons. The molecule has 8 heteroatoms. The third kappa shape index (κ3) is 3.74. The number of aromatic nitrogens is 1. The standard InChI is InChI=1S/C19H19ClFN3O2.ClH/c20-17-12(2-1-3-15(17)21)9-23-18(25)14-4-5-16-13-6-11(7-22-8-13)10-24(16)19(14)26;/h1-5,11,13,22H,6-10H2,(H,23,25);1H/t11-,13+;/m0./s1. The summed E-state index contributed by atoms with van der Waals surface area (Å²) in [6.45, 7) is 2.46. The van der Waals surface area contributed by atoms with Crippen LogP contribution in [0.2, 0.25) is 5.02 Å². The number of piperidine rings is 1. The summed E-state index contributed by atoms with van der Waals surface area (Å²) in [5, 5.41) is 6.04. The Morgan fingerprint density at radius 3 is 2.93 bits per heavy atom. The number of hydrogen-bond acceptors (Lipinski definition) is 3. The summed E-state index contributed by atoms with van der Waals surface area (Å²) in [6, 6.07) is 7.89. The van der Waals surface area contributed by atoms with Crippen LogP contribution in [0.4, 0.5) is 4.39 Å². The van der Waals surface area contributed by atoms with Gasteiger partial charge in [-0.15, -0.1) is 12.4 Å². The summed E-state index contributed by atoms with van der Waals surface area (Å²) >= 11 is 5.91. The molecule has 1 aromatic carbocycles. The average molecular weight is 412 g/mol. The van der Waals surface area contributed by atoms with Crippen LogP contribution in [0, 0.1) is 11.7 Å². The topological polar surface area (TPSA) is 63.1 Å². The maximum Gasteiger partial charge on any atom is 0.263 e. The number of hydrogen-bond donors (Lipinski definition) is 2. The Labute approximate surface area is 167 Å². The van der Waals surface area contributed by atoms with Crippen LogP contribution in [-0.4, -0.2) is 23.6 Å². The Balaban J connectivity index is 0.00000210. The molecule has 2 N–H and O–H groups in total. The Morgan fingerprint density at radius 1 is 1.30 bits per heavy atom. The first-order chi connectivity index (χ1) is 12.5. The molecule has 27 heavy (non-hydrogen) atoms. The lowest BCUT2D eigenvalue weighted by molar-refractivity contribution is 0.0948. The molecule has 0 spiro atoms. The number of pyridine rings is 1. The number of nitrogens with zero attached hydrogens (tertiary/aromatic N) is 1. The summed E-state index contributed by atoms with van der Waals surface area (Å²) in [5.74, 6) is -0.270. The Kier molecular flexibility index (Phi) is 5.89. The number of amides is 1. The first kappa shape index (κ1) is 19.9. The molecular weight excluding hydrogens is 392 g/mol. The largest absolute Gasteiger partial charge is 0.348 e. The van der Waals surface area contributed by atoms with Crippen molar-refractivity contribution in [3.8, 4) is 0 Å². The van der Waals surface area contributed by atoms with Gasteiger partial charge in [-0.25, -0.2) is 4.39 Å². The Bertz CT molecular complexity index is 932. The third-order valence-electron chi connectivity index (χ3n) is 5.22. The number of halogens is 3. The van der Waals surface area contributed by atoms with Gasteiger partial charge < -0.3 is 15.2 Å². The maximum atomic E-state index is 13.5. The number of nitrogens with one attached hydrogen (secondary N) is 2. The van der Waals surface area contributed by atoms with Gasteiger partial charge in [0.15, 0.2) is 0 Å². The van der Waals surface area contributed by atoms with Crippen LogP contribution in [0.3, 0.4) is 0 Å². The fourth-order valence-electron chi connectivity index (χ4n) is 3.92. The van der Waals surface area contributed by atoms with Crippen LogP contribution in [0.25, 0.3) is 0 Å². The normalized spacial score (nSPS) is 20.4. The van der Waals surface area contributed by atoms with E-state index in [4.69, 9.17) is 11.6 Å². The molecule has 3 heterocycles. The van der Waals surface area contributed by atoms with Crippen LogP contribution < -0.4 is 16.2 Å². The zero-order valence-corrected chi connectivity index (χ0v) is 16.1. The molecule has 1 amide bonds. The molecule has 0 radical (unpaired) electrons. The lowest BCUT2D eigenvalue weighted by atomic mass is 9.84. The molecule has 1 aromatic heterocycles. The summed E-state index contributed by atoms with van der Waals surface area (Å²) in [5.41, 5.74) is 1.30. The maximum absolute atomic E-state index is 13.5. The van der Waals surface area contributed by atoms with Crippen LogP contribution in [0.15, 0.2) is 35.1 Å². The predicted molar refractivity (Wildman–Crippen MR) is 104 cm³/mol. The molecule has 1 saturated heterocycles. The molecule has 0 aliphatic carbocycles. The SMILES string of the molecule is Cl.O=C(NCc1cccc(F)c1Cl)c1ccc2n(c1=O)C[C@@H]1CNC[C@H]2C1. The van der Waals surface area contributed by atoms with Gasteiger partial charge in [-0.05, 0) is 42.6 Å². The zero-order chi connectivity index (χ0) is 18.3. The lowest BCUT2D eigenvalue weighted by Crippen LogP contribution is -2.46. The van der Waals surface area contributed by atoms with Crippen LogP contribution >= 0.6 is 24.0 Å². The fraction of sp³-hybridized carbons (Fsp3) is 0.368. The Hall–Kier alpha value is -1.89. The summed E-state index contributed by atoms with van der Waals surface area (Å²) in [7, 11) is 0. The minimum Gasteiger partial charge on any atom is -0.348 e. The molecule has 2 aliphatic heterocycles. The highest BCUT2D eigenvalue weighted by molar-refractivity contribution is 6.31. The van der Waals surface area contributed by atoms with E-state index in [-0.39, 0.29) is 35.1 Å². The van der Waals surface area contributed by atoms with Gasteiger partial charge in [-0.3, -0.25) is 9.59 Å². The van der Waals surface area contributed by atoms with Gasteiger partial charge in [0, 0.05) is 31.2 Å². The van der Waals surface area contributed by atoms with E-state index in [1.165, 1.54) is 12.1 Å². The molecule has 2 aliphatic rings. The van der Waals surface area contributed by atoms with Gasteiger partial charge in [0.25, 0.3) is 11.5 Å². The van der Waals surface area contributed by atoms with Crippen molar-refractivity contribution < 1.29 is 9.18 Å². The smallest absolute Gasteiger partial charge is 0.263 e. The van der Waals surface area contributed by atoms with E-state index < -0.39 is 11.7 Å². The van der Waals surface area contributed by atoms with Crippen molar-refractivity contribution in [3.05, 3.63) is 68.3 Å². The lowest BCUT2D eigenvalue weighted by Gasteiger charge is -2.37. The molecule has 1 fully saturated rings. The fourth-order valence-corrected chi connectivity index (χ4v) is 4.11. The van der Waals surface area contributed by atoms with E-state index in [0.717, 1.165) is 25.2 Å². The van der Waals surface area contributed by atoms with E-state index in [2.05, 4.69) is 10.6 Å². The number of carbonyl (C=O) groups excluding carboxylic acids is 1. The monoisotopic (exact) mass is 411 g/mol. The first-order valence-electron chi connectivity index (χ1n) is 8.70. The predicted octanol–water partition coefficient (Wildman–Crippen LogP) is 2.70. The molecule has 0 saturated carbocycles. The molecule has 2 atom stereocenters. The van der Waals surface area contributed by atoms with Crippen molar-refractivity contribution in [2.24, 2.45) is 5.92 Å². The van der Waals surface area contributed by atoms with E-state index in [1.807, 2.05) is 6.07 Å². The second kappa shape index (κ2) is 8.00. The highest BCUT2D eigenvalue weighted by Gasteiger charge is 2.31. The third-order valence-corrected chi connectivity index (χ3v) is 5.65. The minimum atomic E-state index is -0.535. The van der Waals surface area contributed by atoms with Gasteiger partial charge in [0.2, 0.25) is 0 Å². The van der Waals surface area contributed by atoms with Crippen molar-refractivity contribution in [1.29, 1.82) is 0 Å². The van der Waals surface area contributed by atoms with Crippen LogP contribution in [0.1, 0.15) is 34.0 Å². The number of benzene rings is 1. The second-order valence-electron chi connectivity index (χ2n) is 6.94. The summed E-state index contributed by atoms with van der Waals surface area (Å²) in [6.07, 6.45) is 1.08. The minimum absolute atomic E-state index is 0. The van der Waals surface area contributed by atoms with E-state index in [1.54, 1.807) is 16.7 Å². The van der Waals surface area contributed by atoms with Gasteiger partial charge in [-0.2, -0.15) is 0 Å². The molecule has 2 bridgehead atoms. The zero-order valence-electron chi connectivity index (χ0n) is 14.5. The quantitative estimate of drug-likeness (QED) is 0.815. The van der Waals surface area contributed by atoms with Gasteiger partial charge >= 0.3 is 0 Å². The van der Waals surface area contributed by atoms with Crippen molar-refractivity contribution in [2.75, 3.05) is 13.1 Å². The molecule has 0 unspecified atom stereocenters. The van der Waals surface area contributed by atoms with Crippen molar-refractivity contribution >= 4 is 29.9 Å².